The predicted molar refractivity (Wildman–Crippen MR) is 80.3 cm³/mol. The van der Waals surface area contributed by atoms with Crippen LogP contribution in [-0.4, -0.2) is 58.2 Å². The number of carbonyl (C=O) groups is 1. The Morgan fingerprint density at radius 1 is 1.38 bits per heavy atom. The van der Waals surface area contributed by atoms with E-state index in [9.17, 15) is 4.79 Å². The number of likely N-dealkylation sites (tertiary alicyclic amines) is 1. The number of aliphatic hydroxyl groups excluding tert-OH is 1. The van der Waals surface area contributed by atoms with Gasteiger partial charge < -0.3 is 10.4 Å². The van der Waals surface area contributed by atoms with Gasteiger partial charge in [-0.25, -0.2) is 4.98 Å². The first-order valence-corrected chi connectivity index (χ1v) is 7.18. The number of hydrogen-bond acceptors (Lipinski definition) is 5. The number of amides is 1. The van der Waals surface area contributed by atoms with Crippen LogP contribution < -0.4 is 5.32 Å². The summed E-state index contributed by atoms with van der Waals surface area (Å²) in [4.78, 5) is 22.4. The van der Waals surface area contributed by atoms with Crippen LogP contribution in [0.25, 0.3) is 0 Å². The number of hydrogen-bond donors (Lipinski definition) is 2. The van der Waals surface area contributed by atoms with Crippen molar-refractivity contribution in [3.05, 3.63) is 24.3 Å². The summed E-state index contributed by atoms with van der Waals surface area (Å²) in [6, 6.07) is 0.156. The molecule has 0 spiro atoms. The zero-order chi connectivity index (χ0) is 13.9. The molecule has 1 aromatic rings. The predicted octanol–water partition coefficient (Wildman–Crippen LogP) is 0.331. The van der Waals surface area contributed by atoms with Crippen LogP contribution >= 0.6 is 12.4 Å². The molecule has 1 saturated carbocycles. The molecule has 2 aliphatic rings. The summed E-state index contributed by atoms with van der Waals surface area (Å²) in [6.07, 6.45) is 7.09. The SMILES string of the molecule is Cl.O=C(N[C@H]1CN(CCO)C[C@@H]1C1CC1)c1cnccn1. The Morgan fingerprint density at radius 2 is 2.19 bits per heavy atom. The minimum atomic E-state index is -0.153. The fourth-order valence-electron chi connectivity index (χ4n) is 3.05. The van der Waals surface area contributed by atoms with Crippen molar-refractivity contribution in [1.82, 2.24) is 20.2 Å². The van der Waals surface area contributed by atoms with E-state index in [2.05, 4.69) is 20.2 Å². The van der Waals surface area contributed by atoms with E-state index in [1.807, 2.05) is 0 Å². The highest BCUT2D eigenvalue weighted by Gasteiger charge is 2.42. The van der Waals surface area contributed by atoms with Crippen molar-refractivity contribution in [2.75, 3.05) is 26.2 Å². The molecule has 2 atom stereocenters. The number of nitrogens with one attached hydrogen (secondary N) is 1. The Kier molecular flexibility index (Phi) is 5.50. The van der Waals surface area contributed by atoms with E-state index < -0.39 is 0 Å². The van der Waals surface area contributed by atoms with Crippen LogP contribution in [-0.2, 0) is 0 Å². The molecule has 0 unspecified atom stereocenters. The number of β-amino-alcohol motifs (C(OH)–C–C–N with tert-alkyl or cyclic N) is 1. The molecule has 2 fully saturated rings. The van der Waals surface area contributed by atoms with E-state index in [-0.39, 0.29) is 31.0 Å². The molecule has 21 heavy (non-hydrogen) atoms. The van der Waals surface area contributed by atoms with E-state index in [0.29, 0.717) is 18.2 Å². The van der Waals surface area contributed by atoms with E-state index >= 15 is 0 Å². The minimum Gasteiger partial charge on any atom is -0.395 e. The molecule has 0 aromatic carbocycles. The molecule has 1 amide bonds. The van der Waals surface area contributed by atoms with E-state index in [1.165, 1.54) is 25.2 Å². The van der Waals surface area contributed by atoms with E-state index in [4.69, 9.17) is 5.11 Å². The third kappa shape index (κ3) is 3.90. The monoisotopic (exact) mass is 312 g/mol. The summed E-state index contributed by atoms with van der Waals surface area (Å²) in [6.45, 7) is 2.63. The Morgan fingerprint density at radius 3 is 2.81 bits per heavy atom. The molecular weight excluding hydrogens is 292 g/mol. The summed E-state index contributed by atoms with van der Waals surface area (Å²) in [7, 11) is 0. The molecule has 3 rings (SSSR count). The number of halogens is 1. The van der Waals surface area contributed by atoms with Gasteiger partial charge in [0.1, 0.15) is 5.69 Å². The maximum absolute atomic E-state index is 12.2. The van der Waals surface area contributed by atoms with Gasteiger partial charge in [0.2, 0.25) is 0 Å². The molecule has 1 saturated heterocycles. The Bertz CT molecular complexity index is 469. The number of rotatable bonds is 5. The van der Waals surface area contributed by atoms with Crippen LogP contribution in [0.15, 0.2) is 18.6 Å². The first kappa shape index (κ1) is 16.1. The summed E-state index contributed by atoms with van der Waals surface area (Å²) in [5.41, 5.74) is 0.364. The molecule has 2 heterocycles. The van der Waals surface area contributed by atoms with Crippen LogP contribution in [0.1, 0.15) is 23.3 Å². The van der Waals surface area contributed by atoms with Gasteiger partial charge in [0.05, 0.1) is 12.8 Å². The molecule has 6 nitrogen and oxygen atoms in total. The number of aliphatic hydroxyl groups is 1. The lowest BCUT2D eigenvalue weighted by Crippen LogP contribution is -2.41. The average Bonchev–Trinajstić information content (AvgIpc) is 3.24. The number of nitrogens with zero attached hydrogens (tertiary/aromatic N) is 3. The first-order valence-electron chi connectivity index (χ1n) is 7.18. The molecule has 116 valence electrons. The topological polar surface area (TPSA) is 78.4 Å². The van der Waals surface area contributed by atoms with Gasteiger partial charge >= 0.3 is 0 Å². The van der Waals surface area contributed by atoms with Crippen molar-refractivity contribution in [2.24, 2.45) is 11.8 Å². The summed E-state index contributed by atoms with van der Waals surface area (Å²) in [5, 5.41) is 12.2. The van der Waals surface area contributed by atoms with Gasteiger partial charge in [0, 0.05) is 38.1 Å². The summed E-state index contributed by atoms with van der Waals surface area (Å²) >= 11 is 0. The molecule has 1 aliphatic heterocycles. The second-order valence-corrected chi connectivity index (χ2v) is 5.66. The van der Waals surface area contributed by atoms with Crippen molar-refractivity contribution in [3.8, 4) is 0 Å². The van der Waals surface area contributed by atoms with Crippen LogP contribution in [0.2, 0.25) is 0 Å². The highest BCUT2D eigenvalue weighted by molar-refractivity contribution is 5.92. The first-order chi connectivity index (χ1) is 9.78. The molecule has 0 bridgehead atoms. The maximum Gasteiger partial charge on any atom is 0.271 e. The Hall–Kier alpha value is -1.24. The van der Waals surface area contributed by atoms with Crippen molar-refractivity contribution >= 4 is 18.3 Å². The lowest BCUT2D eigenvalue weighted by Gasteiger charge is -2.19. The van der Waals surface area contributed by atoms with Crippen LogP contribution in [0.5, 0.6) is 0 Å². The normalized spacial score (nSPS) is 25.4. The van der Waals surface area contributed by atoms with Gasteiger partial charge in [-0.2, -0.15) is 0 Å². The summed E-state index contributed by atoms with van der Waals surface area (Å²) in [5.74, 6) is 1.08. The highest BCUT2D eigenvalue weighted by Crippen LogP contribution is 2.41. The quantitative estimate of drug-likeness (QED) is 0.819. The van der Waals surface area contributed by atoms with Gasteiger partial charge in [-0.15, -0.1) is 12.4 Å². The maximum atomic E-state index is 12.2. The van der Waals surface area contributed by atoms with Crippen molar-refractivity contribution in [1.29, 1.82) is 0 Å². The number of aromatic nitrogens is 2. The molecule has 1 aliphatic carbocycles. The third-order valence-electron chi connectivity index (χ3n) is 4.20. The van der Waals surface area contributed by atoms with Crippen LogP contribution in [0.3, 0.4) is 0 Å². The van der Waals surface area contributed by atoms with Crippen molar-refractivity contribution < 1.29 is 9.90 Å². The molecular formula is C14H21ClN4O2. The molecule has 0 radical (unpaired) electrons. The van der Waals surface area contributed by atoms with E-state index in [0.717, 1.165) is 19.0 Å². The van der Waals surface area contributed by atoms with Gasteiger partial charge in [-0.05, 0) is 24.7 Å². The average molecular weight is 313 g/mol. The second kappa shape index (κ2) is 7.15. The fraction of sp³-hybridized carbons (Fsp3) is 0.643. The Balaban J connectivity index is 0.00000161. The largest absolute Gasteiger partial charge is 0.395 e. The minimum absolute atomic E-state index is 0. The van der Waals surface area contributed by atoms with Gasteiger partial charge in [-0.3, -0.25) is 14.7 Å². The Labute approximate surface area is 130 Å². The standard InChI is InChI=1S/C14H20N4O2.ClH/c19-6-5-18-8-11(10-1-2-10)13(9-18)17-14(20)12-7-15-3-4-16-12;/h3-4,7,10-11,13,19H,1-2,5-6,8-9H2,(H,17,20);1H/t11-,13+;/m1./s1. The van der Waals surface area contributed by atoms with Crippen LogP contribution in [0.4, 0.5) is 0 Å². The summed E-state index contributed by atoms with van der Waals surface area (Å²) < 4.78 is 0. The van der Waals surface area contributed by atoms with Gasteiger partial charge in [0.25, 0.3) is 5.91 Å². The zero-order valence-electron chi connectivity index (χ0n) is 11.8. The van der Waals surface area contributed by atoms with Crippen molar-refractivity contribution in [3.63, 3.8) is 0 Å². The fourth-order valence-corrected chi connectivity index (χ4v) is 3.05. The zero-order valence-corrected chi connectivity index (χ0v) is 12.6. The molecule has 2 N–H and O–H groups in total. The lowest BCUT2D eigenvalue weighted by atomic mass is 9.98. The smallest absolute Gasteiger partial charge is 0.271 e. The van der Waals surface area contributed by atoms with Gasteiger partial charge in [-0.1, -0.05) is 0 Å². The van der Waals surface area contributed by atoms with E-state index in [1.54, 1.807) is 6.20 Å². The molecule has 7 heteroatoms. The van der Waals surface area contributed by atoms with Gasteiger partial charge in [0.15, 0.2) is 0 Å². The van der Waals surface area contributed by atoms with Crippen LogP contribution in [0, 0.1) is 11.8 Å². The molecule has 1 aromatic heterocycles. The third-order valence-corrected chi connectivity index (χ3v) is 4.20. The van der Waals surface area contributed by atoms with Crippen molar-refractivity contribution in [2.45, 2.75) is 18.9 Å². The lowest BCUT2D eigenvalue weighted by molar-refractivity contribution is 0.0922. The number of carbonyl (C=O) groups excluding carboxylic acids is 1. The second-order valence-electron chi connectivity index (χ2n) is 5.66. The highest BCUT2D eigenvalue weighted by atomic mass is 35.5.